The van der Waals surface area contributed by atoms with Crippen LogP contribution in [0.1, 0.15) is 21.5 Å². The number of rotatable bonds is 5. The van der Waals surface area contributed by atoms with Crippen LogP contribution < -0.4 is 4.74 Å². The number of ether oxygens (including phenoxy) is 2. The lowest BCUT2D eigenvalue weighted by Gasteiger charge is -2.11. The van der Waals surface area contributed by atoms with E-state index in [0.29, 0.717) is 11.3 Å². The highest BCUT2D eigenvalue weighted by Crippen LogP contribution is 2.27. The monoisotopic (exact) mass is 383 g/mol. The number of nitrogens with zero attached hydrogens (tertiary/aromatic N) is 1. The standard InChI is InChI=1S/C25H21NO3/c1-17-6-5-7-18(14-17)16-29-25(27)22-15-24(19-10-12-20(28-2)13-11-19)26-23-9-4-3-8-21(22)23/h3-15H,16H2,1-2H3. The molecule has 0 aliphatic rings. The molecule has 4 aromatic rings. The summed E-state index contributed by atoms with van der Waals surface area (Å²) in [4.78, 5) is 17.7. The van der Waals surface area contributed by atoms with Crippen LogP contribution in [0.2, 0.25) is 0 Å². The van der Waals surface area contributed by atoms with E-state index in [1.165, 1.54) is 0 Å². The number of pyridine rings is 1. The van der Waals surface area contributed by atoms with Crippen LogP contribution in [-0.2, 0) is 11.3 Å². The summed E-state index contributed by atoms with van der Waals surface area (Å²) in [5, 5.41) is 0.777. The van der Waals surface area contributed by atoms with Gasteiger partial charge in [-0.1, -0.05) is 48.0 Å². The maximum absolute atomic E-state index is 12.9. The second-order valence-corrected chi connectivity index (χ2v) is 6.87. The van der Waals surface area contributed by atoms with Crippen molar-refractivity contribution < 1.29 is 14.3 Å². The molecular formula is C25H21NO3. The number of carbonyl (C=O) groups is 1. The highest BCUT2D eigenvalue weighted by atomic mass is 16.5. The number of aryl methyl sites for hydroxylation is 1. The maximum atomic E-state index is 12.9. The minimum absolute atomic E-state index is 0.231. The summed E-state index contributed by atoms with van der Waals surface area (Å²) in [7, 11) is 1.63. The first-order chi connectivity index (χ1) is 14.1. The van der Waals surface area contributed by atoms with Gasteiger partial charge in [0.05, 0.1) is 23.9 Å². The molecule has 29 heavy (non-hydrogen) atoms. The zero-order valence-electron chi connectivity index (χ0n) is 16.4. The smallest absolute Gasteiger partial charge is 0.339 e. The normalized spacial score (nSPS) is 10.7. The lowest BCUT2D eigenvalue weighted by molar-refractivity contribution is 0.0475. The first kappa shape index (κ1) is 18.7. The molecule has 0 atom stereocenters. The minimum Gasteiger partial charge on any atom is -0.497 e. The highest BCUT2D eigenvalue weighted by molar-refractivity contribution is 6.04. The van der Waals surface area contributed by atoms with Gasteiger partial charge in [0, 0.05) is 10.9 Å². The molecule has 0 aliphatic heterocycles. The summed E-state index contributed by atoms with van der Waals surface area (Å²) in [6.07, 6.45) is 0. The summed E-state index contributed by atoms with van der Waals surface area (Å²) < 4.78 is 10.8. The molecule has 0 saturated heterocycles. The number of carbonyl (C=O) groups excluding carboxylic acids is 1. The van der Waals surface area contributed by atoms with Gasteiger partial charge in [0.15, 0.2) is 0 Å². The summed E-state index contributed by atoms with van der Waals surface area (Å²) >= 11 is 0. The van der Waals surface area contributed by atoms with Gasteiger partial charge < -0.3 is 9.47 Å². The van der Waals surface area contributed by atoms with Gasteiger partial charge in [-0.2, -0.15) is 0 Å². The molecule has 0 fully saturated rings. The molecule has 0 spiro atoms. The van der Waals surface area contributed by atoms with E-state index in [0.717, 1.165) is 33.3 Å². The van der Waals surface area contributed by atoms with Gasteiger partial charge in [-0.3, -0.25) is 0 Å². The Morgan fingerprint density at radius 3 is 2.48 bits per heavy atom. The summed E-state index contributed by atoms with van der Waals surface area (Å²) in [6, 6.07) is 25.0. The minimum atomic E-state index is -0.361. The van der Waals surface area contributed by atoms with E-state index in [2.05, 4.69) is 0 Å². The average molecular weight is 383 g/mol. The number of aromatic nitrogens is 1. The maximum Gasteiger partial charge on any atom is 0.339 e. The Bertz CT molecular complexity index is 1170. The third-order valence-corrected chi connectivity index (χ3v) is 4.77. The van der Waals surface area contributed by atoms with Crippen LogP contribution in [0.15, 0.2) is 78.9 Å². The lowest BCUT2D eigenvalue weighted by Crippen LogP contribution is -2.07. The molecule has 144 valence electrons. The third kappa shape index (κ3) is 4.11. The van der Waals surface area contributed by atoms with Crippen molar-refractivity contribution in [2.45, 2.75) is 13.5 Å². The van der Waals surface area contributed by atoms with Crippen LogP contribution in [0, 0.1) is 6.92 Å². The Balaban J connectivity index is 1.69. The van der Waals surface area contributed by atoms with Gasteiger partial charge >= 0.3 is 5.97 Å². The quantitative estimate of drug-likeness (QED) is 0.422. The second kappa shape index (κ2) is 8.15. The molecule has 0 saturated carbocycles. The van der Waals surface area contributed by atoms with E-state index in [4.69, 9.17) is 14.5 Å². The molecule has 0 amide bonds. The molecule has 4 rings (SSSR count). The molecule has 0 radical (unpaired) electrons. The van der Waals surface area contributed by atoms with Crippen molar-refractivity contribution in [1.82, 2.24) is 4.98 Å². The molecular weight excluding hydrogens is 362 g/mol. The average Bonchev–Trinajstić information content (AvgIpc) is 2.77. The summed E-state index contributed by atoms with van der Waals surface area (Å²) in [6.45, 7) is 2.25. The van der Waals surface area contributed by atoms with Gasteiger partial charge in [-0.25, -0.2) is 9.78 Å². The first-order valence-corrected chi connectivity index (χ1v) is 9.41. The van der Waals surface area contributed by atoms with Crippen molar-refractivity contribution in [2.24, 2.45) is 0 Å². The number of methoxy groups -OCH3 is 1. The van der Waals surface area contributed by atoms with E-state index >= 15 is 0 Å². The largest absolute Gasteiger partial charge is 0.497 e. The van der Waals surface area contributed by atoms with Gasteiger partial charge in [0.1, 0.15) is 12.4 Å². The Morgan fingerprint density at radius 2 is 1.72 bits per heavy atom. The lowest BCUT2D eigenvalue weighted by atomic mass is 10.0. The van der Waals surface area contributed by atoms with Gasteiger partial charge in [-0.05, 0) is 48.9 Å². The van der Waals surface area contributed by atoms with E-state index in [9.17, 15) is 4.79 Å². The zero-order valence-corrected chi connectivity index (χ0v) is 16.4. The molecule has 0 unspecified atom stereocenters. The Hall–Kier alpha value is -3.66. The molecule has 0 aliphatic carbocycles. The van der Waals surface area contributed by atoms with Crippen molar-refractivity contribution in [2.75, 3.05) is 7.11 Å². The van der Waals surface area contributed by atoms with Crippen molar-refractivity contribution in [1.29, 1.82) is 0 Å². The number of esters is 1. The fraction of sp³-hybridized carbons (Fsp3) is 0.120. The number of benzene rings is 3. The van der Waals surface area contributed by atoms with E-state index < -0.39 is 0 Å². The Morgan fingerprint density at radius 1 is 0.931 bits per heavy atom. The molecule has 4 nitrogen and oxygen atoms in total. The van der Waals surface area contributed by atoms with Crippen LogP contribution in [0.25, 0.3) is 22.2 Å². The highest BCUT2D eigenvalue weighted by Gasteiger charge is 2.15. The fourth-order valence-corrected chi connectivity index (χ4v) is 3.28. The van der Waals surface area contributed by atoms with Crippen LogP contribution in [0.4, 0.5) is 0 Å². The van der Waals surface area contributed by atoms with E-state index in [1.54, 1.807) is 13.2 Å². The van der Waals surface area contributed by atoms with Gasteiger partial charge in [0.25, 0.3) is 0 Å². The number of para-hydroxylation sites is 1. The molecule has 1 aromatic heterocycles. The predicted molar refractivity (Wildman–Crippen MR) is 114 cm³/mol. The zero-order chi connectivity index (χ0) is 20.2. The Labute approximate surface area is 169 Å². The molecule has 0 bridgehead atoms. The van der Waals surface area contributed by atoms with Crippen LogP contribution >= 0.6 is 0 Å². The van der Waals surface area contributed by atoms with Crippen LogP contribution in [-0.4, -0.2) is 18.1 Å². The SMILES string of the molecule is COc1ccc(-c2cc(C(=O)OCc3cccc(C)c3)c3ccccc3n2)cc1. The molecule has 4 heteroatoms. The Kier molecular flexibility index (Phi) is 5.25. The van der Waals surface area contributed by atoms with E-state index in [1.807, 2.05) is 79.7 Å². The third-order valence-electron chi connectivity index (χ3n) is 4.77. The second-order valence-electron chi connectivity index (χ2n) is 6.87. The van der Waals surface area contributed by atoms with Crippen molar-refractivity contribution >= 4 is 16.9 Å². The van der Waals surface area contributed by atoms with Gasteiger partial charge in [-0.15, -0.1) is 0 Å². The molecule has 1 heterocycles. The van der Waals surface area contributed by atoms with E-state index in [-0.39, 0.29) is 12.6 Å². The van der Waals surface area contributed by atoms with Crippen LogP contribution in [0.5, 0.6) is 5.75 Å². The summed E-state index contributed by atoms with van der Waals surface area (Å²) in [5.41, 5.74) is 4.98. The van der Waals surface area contributed by atoms with Gasteiger partial charge in [0.2, 0.25) is 0 Å². The fourth-order valence-electron chi connectivity index (χ4n) is 3.28. The first-order valence-electron chi connectivity index (χ1n) is 9.41. The molecule has 3 aromatic carbocycles. The van der Waals surface area contributed by atoms with Crippen molar-refractivity contribution in [3.63, 3.8) is 0 Å². The number of hydrogen-bond acceptors (Lipinski definition) is 4. The predicted octanol–water partition coefficient (Wildman–Crippen LogP) is 5.58. The van der Waals surface area contributed by atoms with Crippen molar-refractivity contribution in [3.05, 3.63) is 95.6 Å². The van der Waals surface area contributed by atoms with Crippen LogP contribution in [0.3, 0.4) is 0 Å². The van der Waals surface area contributed by atoms with Crippen molar-refractivity contribution in [3.8, 4) is 17.0 Å². The summed E-state index contributed by atoms with van der Waals surface area (Å²) in [5.74, 6) is 0.409. The number of hydrogen-bond donors (Lipinski definition) is 0. The number of fused-ring (bicyclic) bond motifs is 1. The molecule has 0 N–H and O–H groups in total. The topological polar surface area (TPSA) is 48.4 Å².